The summed E-state index contributed by atoms with van der Waals surface area (Å²) in [4.78, 5) is 26.4. The number of hydrogen-bond acceptors (Lipinski definition) is 5. The van der Waals surface area contributed by atoms with Gasteiger partial charge in [0.15, 0.2) is 11.5 Å². The molecule has 1 aliphatic rings. The molecule has 156 valence electrons. The summed E-state index contributed by atoms with van der Waals surface area (Å²) in [6.07, 6.45) is 3.23. The third-order valence-corrected chi connectivity index (χ3v) is 5.63. The fourth-order valence-corrected chi connectivity index (χ4v) is 4.21. The molecule has 1 fully saturated rings. The van der Waals surface area contributed by atoms with E-state index in [-0.39, 0.29) is 17.0 Å². The van der Waals surface area contributed by atoms with E-state index >= 15 is 0 Å². The lowest BCUT2D eigenvalue weighted by atomic mass is 10.1. The zero-order valence-electron chi connectivity index (χ0n) is 16.2. The quantitative estimate of drug-likeness (QED) is 0.345. The minimum absolute atomic E-state index is 0.114. The van der Waals surface area contributed by atoms with Crippen molar-refractivity contribution >= 4 is 44.9 Å². The van der Waals surface area contributed by atoms with Crippen molar-refractivity contribution in [2.24, 2.45) is 0 Å². The molecule has 8 heteroatoms. The van der Waals surface area contributed by atoms with Gasteiger partial charge in [0.25, 0.3) is 11.1 Å². The maximum absolute atomic E-state index is 13.9. The zero-order valence-corrected chi connectivity index (χ0v) is 18.6. The summed E-state index contributed by atoms with van der Waals surface area (Å²) in [5, 5.41) is -0.440. The Hall–Kier alpha value is -2.58. The van der Waals surface area contributed by atoms with Crippen LogP contribution in [0, 0.1) is 5.82 Å². The first-order chi connectivity index (χ1) is 14.4. The predicted molar refractivity (Wildman–Crippen MR) is 119 cm³/mol. The minimum atomic E-state index is -0.464. The van der Waals surface area contributed by atoms with Crippen molar-refractivity contribution in [1.29, 1.82) is 0 Å². The van der Waals surface area contributed by atoms with E-state index in [9.17, 15) is 14.0 Å². The van der Waals surface area contributed by atoms with Gasteiger partial charge in [-0.3, -0.25) is 14.5 Å². The molecule has 0 atom stereocenters. The van der Waals surface area contributed by atoms with E-state index in [1.807, 2.05) is 6.92 Å². The Morgan fingerprint density at radius 1 is 1.23 bits per heavy atom. The molecule has 0 N–H and O–H groups in total. The normalized spacial score (nSPS) is 15.0. The Morgan fingerprint density at radius 3 is 2.70 bits per heavy atom. The number of rotatable bonds is 8. The highest BCUT2D eigenvalue weighted by molar-refractivity contribution is 9.10. The van der Waals surface area contributed by atoms with Gasteiger partial charge >= 0.3 is 0 Å². The Bertz CT molecular complexity index is 1020. The van der Waals surface area contributed by atoms with E-state index < -0.39 is 17.0 Å². The van der Waals surface area contributed by atoms with Gasteiger partial charge < -0.3 is 9.47 Å². The molecule has 3 rings (SSSR count). The molecule has 0 saturated carbocycles. The first kappa shape index (κ1) is 22.1. The van der Waals surface area contributed by atoms with E-state index in [0.717, 1.165) is 16.7 Å². The van der Waals surface area contributed by atoms with Crippen LogP contribution in [-0.2, 0) is 11.3 Å². The lowest BCUT2D eigenvalue weighted by Crippen LogP contribution is -2.27. The van der Waals surface area contributed by atoms with Crippen molar-refractivity contribution in [2.75, 3.05) is 13.2 Å². The van der Waals surface area contributed by atoms with Crippen molar-refractivity contribution < 1.29 is 23.5 Å². The highest BCUT2D eigenvalue weighted by Gasteiger charge is 2.35. The predicted octanol–water partition coefficient (Wildman–Crippen LogP) is 5.79. The van der Waals surface area contributed by atoms with E-state index in [4.69, 9.17) is 9.47 Å². The van der Waals surface area contributed by atoms with Gasteiger partial charge in [-0.15, -0.1) is 0 Å². The maximum atomic E-state index is 13.9. The highest BCUT2D eigenvalue weighted by Crippen LogP contribution is 2.39. The minimum Gasteiger partial charge on any atom is -0.490 e. The molecule has 0 radical (unpaired) electrons. The molecule has 1 heterocycles. The fraction of sp³-hybridized carbons (Fsp3) is 0.182. The van der Waals surface area contributed by atoms with Gasteiger partial charge in [-0.05, 0) is 64.5 Å². The Kier molecular flexibility index (Phi) is 7.33. The van der Waals surface area contributed by atoms with Crippen molar-refractivity contribution in [2.45, 2.75) is 13.5 Å². The number of carbonyl (C=O) groups is 2. The van der Waals surface area contributed by atoms with Crippen LogP contribution >= 0.6 is 27.7 Å². The topological polar surface area (TPSA) is 55.8 Å². The number of halogens is 2. The van der Waals surface area contributed by atoms with Gasteiger partial charge in [-0.2, -0.15) is 0 Å². The van der Waals surface area contributed by atoms with Gasteiger partial charge in [0, 0.05) is 5.56 Å². The van der Waals surface area contributed by atoms with Gasteiger partial charge in [0.1, 0.15) is 12.4 Å². The second-order valence-electron chi connectivity index (χ2n) is 6.22. The summed E-state index contributed by atoms with van der Waals surface area (Å²) in [6, 6.07) is 9.57. The van der Waals surface area contributed by atoms with Crippen LogP contribution in [0.3, 0.4) is 0 Å². The molecule has 1 saturated heterocycles. The SMILES string of the molecule is C=CCOc1c(Br)cc(/C=C2\SC(=O)N(Cc3ccccc3F)C2=O)cc1OCC. The first-order valence-corrected chi connectivity index (χ1v) is 10.7. The number of nitrogens with zero attached hydrogens (tertiary/aromatic N) is 1. The Labute approximate surface area is 186 Å². The molecule has 2 amide bonds. The number of ether oxygens (including phenoxy) is 2. The number of amides is 2. The van der Waals surface area contributed by atoms with Crippen molar-refractivity contribution in [3.8, 4) is 11.5 Å². The maximum Gasteiger partial charge on any atom is 0.293 e. The lowest BCUT2D eigenvalue weighted by molar-refractivity contribution is -0.123. The molecule has 2 aromatic rings. The molecule has 5 nitrogen and oxygen atoms in total. The number of thioether (sulfide) groups is 1. The highest BCUT2D eigenvalue weighted by atomic mass is 79.9. The fourth-order valence-electron chi connectivity index (χ4n) is 2.80. The molecule has 0 aliphatic carbocycles. The average Bonchev–Trinajstić information content (AvgIpc) is 2.96. The van der Waals surface area contributed by atoms with E-state index in [1.165, 1.54) is 6.07 Å². The standard InChI is InChI=1S/C22H19BrFNO4S/c1-3-9-29-20-16(23)10-14(11-18(20)28-4-2)12-19-21(26)25(22(27)30-19)13-15-7-5-6-8-17(15)24/h3,5-8,10-12H,1,4,9,13H2,2H3/b19-12-. The Balaban J connectivity index is 1.87. The molecule has 0 bridgehead atoms. The summed E-state index contributed by atoms with van der Waals surface area (Å²) in [5.74, 6) is 0.113. The van der Waals surface area contributed by atoms with Crippen molar-refractivity contribution in [1.82, 2.24) is 4.90 Å². The molecule has 0 unspecified atom stereocenters. The summed E-state index contributed by atoms with van der Waals surface area (Å²) in [6.45, 7) is 6.12. The Morgan fingerprint density at radius 2 is 2.00 bits per heavy atom. The molecule has 30 heavy (non-hydrogen) atoms. The van der Waals surface area contributed by atoms with E-state index in [2.05, 4.69) is 22.5 Å². The zero-order chi connectivity index (χ0) is 21.7. The van der Waals surface area contributed by atoms with E-state index in [1.54, 1.807) is 42.5 Å². The molecule has 0 aromatic heterocycles. The second kappa shape index (κ2) is 9.95. The smallest absolute Gasteiger partial charge is 0.293 e. The first-order valence-electron chi connectivity index (χ1n) is 9.13. The number of benzene rings is 2. The third-order valence-electron chi connectivity index (χ3n) is 4.13. The lowest BCUT2D eigenvalue weighted by Gasteiger charge is -2.14. The molecular formula is C22H19BrFNO4S. The number of imide groups is 1. The van der Waals surface area contributed by atoms with Gasteiger partial charge in [0.05, 0.1) is 22.5 Å². The second-order valence-corrected chi connectivity index (χ2v) is 8.07. The molecule has 2 aromatic carbocycles. The largest absolute Gasteiger partial charge is 0.490 e. The third kappa shape index (κ3) is 4.94. The average molecular weight is 492 g/mol. The summed E-state index contributed by atoms with van der Waals surface area (Å²) < 4.78 is 25.9. The van der Waals surface area contributed by atoms with Crippen LogP contribution in [0.1, 0.15) is 18.1 Å². The van der Waals surface area contributed by atoms with Crippen molar-refractivity contribution in [3.63, 3.8) is 0 Å². The van der Waals surface area contributed by atoms with Crippen LogP contribution in [0.25, 0.3) is 6.08 Å². The monoisotopic (exact) mass is 491 g/mol. The number of hydrogen-bond donors (Lipinski definition) is 0. The molecule has 0 spiro atoms. The summed E-state index contributed by atoms with van der Waals surface area (Å²) in [5.41, 5.74) is 0.943. The van der Waals surface area contributed by atoms with E-state index in [0.29, 0.717) is 34.7 Å². The van der Waals surface area contributed by atoms with Gasteiger partial charge in [0.2, 0.25) is 0 Å². The van der Waals surface area contributed by atoms with Crippen LogP contribution in [0.4, 0.5) is 9.18 Å². The van der Waals surface area contributed by atoms with Crippen molar-refractivity contribution in [3.05, 3.63) is 75.4 Å². The molecular weight excluding hydrogens is 473 g/mol. The summed E-state index contributed by atoms with van der Waals surface area (Å²) in [7, 11) is 0. The van der Waals surface area contributed by atoms with Crippen LogP contribution in [0.15, 0.2) is 58.4 Å². The van der Waals surface area contributed by atoms with Crippen LogP contribution in [0.5, 0.6) is 11.5 Å². The summed E-state index contributed by atoms with van der Waals surface area (Å²) >= 11 is 4.28. The molecule has 1 aliphatic heterocycles. The van der Waals surface area contributed by atoms with Crippen LogP contribution in [-0.4, -0.2) is 29.3 Å². The number of carbonyl (C=O) groups excluding carboxylic acids is 2. The van der Waals surface area contributed by atoms with Crippen LogP contribution in [0.2, 0.25) is 0 Å². The van der Waals surface area contributed by atoms with Gasteiger partial charge in [-0.25, -0.2) is 4.39 Å². The van der Waals surface area contributed by atoms with Gasteiger partial charge in [-0.1, -0.05) is 30.9 Å². The van der Waals surface area contributed by atoms with Crippen LogP contribution < -0.4 is 9.47 Å².